The van der Waals surface area contributed by atoms with Gasteiger partial charge in [0.15, 0.2) is 0 Å². The molecule has 3 N–H and O–H groups in total. The molecule has 1 aromatic heterocycles. The predicted molar refractivity (Wildman–Crippen MR) is 74.7 cm³/mol. The number of carbonyl (C=O) groups excluding carboxylic acids is 1. The van der Waals surface area contributed by atoms with Crippen LogP contribution in [0.25, 0.3) is 0 Å². The van der Waals surface area contributed by atoms with Crippen LogP contribution in [0.15, 0.2) is 12.1 Å². The first-order valence-corrected chi connectivity index (χ1v) is 6.54. The molecule has 1 aromatic rings. The Kier molecular flexibility index (Phi) is 4.34. The van der Waals surface area contributed by atoms with Gasteiger partial charge in [-0.15, -0.1) is 0 Å². The highest BCUT2D eigenvalue weighted by molar-refractivity contribution is 5.85. The van der Waals surface area contributed by atoms with E-state index in [4.69, 9.17) is 0 Å². The number of hydrogen-bond donors (Lipinski definition) is 3. The summed E-state index contributed by atoms with van der Waals surface area (Å²) in [5, 5.41) is 19.6. The second kappa shape index (κ2) is 6.18. The average Bonchev–Trinajstić information content (AvgIpc) is 2.41. The lowest BCUT2D eigenvalue weighted by atomic mass is 10.1. The zero-order valence-corrected chi connectivity index (χ0v) is 11.2. The number of nitrogens with one attached hydrogen (secondary N) is 3. The monoisotopic (exact) mass is 279 g/mol. The Labute approximate surface area is 116 Å². The fourth-order valence-corrected chi connectivity index (χ4v) is 2.06. The number of nitro groups is 1. The molecule has 0 aromatic carbocycles. The molecule has 1 amide bonds. The molecule has 0 bridgehead atoms. The van der Waals surface area contributed by atoms with Crippen LogP contribution in [0.2, 0.25) is 0 Å². The lowest BCUT2D eigenvalue weighted by molar-refractivity contribution is -0.384. The molecule has 1 fully saturated rings. The van der Waals surface area contributed by atoms with Gasteiger partial charge in [-0.2, -0.15) is 0 Å². The third-order valence-corrected chi connectivity index (χ3v) is 2.99. The summed E-state index contributed by atoms with van der Waals surface area (Å²) in [4.78, 5) is 26.3. The lowest BCUT2D eigenvalue weighted by Crippen LogP contribution is -2.44. The number of nitrogens with zero attached hydrogens (tertiary/aromatic N) is 2. The summed E-state index contributed by atoms with van der Waals surface area (Å²) >= 11 is 0. The van der Waals surface area contributed by atoms with E-state index in [1.807, 2.05) is 6.92 Å². The highest BCUT2D eigenvalue weighted by atomic mass is 16.6. The maximum atomic E-state index is 11.7. The minimum atomic E-state index is -0.478. The summed E-state index contributed by atoms with van der Waals surface area (Å²) in [6.07, 6.45) is 1.56. The minimum Gasteiger partial charge on any atom is -0.370 e. The van der Waals surface area contributed by atoms with Crippen molar-refractivity contribution in [3.63, 3.8) is 0 Å². The molecule has 8 heteroatoms. The van der Waals surface area contributed by atoms with E-state index >= 15 is 0 Å². The quantitative estimate of drug-likeness (QED) is 0.550. The van der Waals surface area contributed by atoms with E-state index in [9.17, 15) is 14.9 Å². The maximum Gasteiger partial charge on any atom is 0.276 e. The molecular weight excluding hydrogens is 262 g/mol. The van der Waals surface area contributed by atoms with E-state index < -0.39 is 11.0 Å². The van der Waals surface area contributed by atoms with Gasteiger partial charge in [-0.25, -0.2) is 4.98 Å². The molecule has 0 saturated carbocycles. The Balaban J connectivity index is 2.20. The van der Waals surface area contributed by atoms with Crippen molar-refractivity contribution < 1.29 is 9.72 Å². The SMILES string of the molecule is CCNc1cc([N+](=O)[O-])cc(NC2CCCNC2=O)n1. The third-order valence-electron chi connectivity index (χ3n) is 2.99. The number of pyridine rings is 1. The summed E-state index contributed by atoms with van der Waals surface area (Å²) in [6, 6.07) is 2.31. The highest BCUT2D eigenvalue weighted by Gasteiger charge is 2.23. The zero-order chi connectivity index (χ0) is 14.5. The van der Waals surface area contributed by atoms with E-state index in [0.717, 1.165) is 6.42 Å². The van der Waals surface area contributed by atoms with Gasteiger partial charge in [0.25, 0.3) is 5.69 Å². The van der Waals surface area contributed by atoms with Gasteiger partial charge in [-0.1, -0.05) is 0 Å². The molecule has 1 unspecified atom stereocenters. The number of carbonyl (C=O) groups is 1. The summed E-state index contributed by atoms with van der Waals surface area (Å²) in [7, 11) is 0. The minimum absolute atomic E-state index is 0.0605. The van der Waals surface area contributed by atoms with Crippen LogP contribution >= 0.6 is 0 Å². The van der Waals surface area contributed by atoms with E-state index in [2.05, 4.69) is 20.9 Å². The number of anilines is 2. The highest BCUT2D eigenvalue weighted by Crippen LogP contribution is 2.22. The second-order valence-corrected chi connectivity index (χ2v) is 4.51. The zero-order valence-electron chi connectivity index (χ0n) is 11.2. The molecule has 1 aliphatic heterocycles. The van der Waals surface area contributed by atoms with Crippen molar-refractivity contribution in [2.24, 2.45) is 0 Å². The second-order valence-electron chi connectivity index (χ2n) is 4.51. The molecule has 0 spiro atoms. The van der Waals surface area contributed by atoms with Gasteiger partial charge in [0.2, 0.25) is 5.91 Å². The number of hydrogen-bond acceptors (Lipinski definition) is 6. The van der Waals surface area contributed by atoms with Crippen molar-refractivity contribution in [2.75, 3.05) is 23.7 Å². The summed E-state index contributed by atoms with van der Waals surface area (Å²) in [5.74, 6) is 0.646. The smallest absolute Gasteiger partial charge is 0.276 e. The van der Waals surface area contributed by atoms with Crippen LogP contribution < -0.4 is 16.0 Å². The number of amides is 1. The van der Waals surface area contributed by atoms with Crippen molar-refractivity contribution in [3.05, 3.63) is 22.2 Å². The average molecular weight is 279 g/mol. The molecule has 2 rings (SSSR count). The van der Waals surface area contributed by atoms with Gasteiger partial charge < -0.3 is 16.0 Å². The van der Waals surface area contributed by atoms with Gasteiger partial charge in [0, 0.05) is 13.1 Å². The molecule has 1 aliphatic rings. The van der Waals surface area contributed by atoms with Crippen LogP contribution in [-0.2, 0) is 4.79 Å². The van der Waals surface area contributed by atoms with Crippen molar-refractivity contribution in [3.8, 4) is 0 Å². The first-order valence-electron chi connectivity index (χ1n) is 6.54. The molecule has 1 saturated heterocycles. The Morgan fingerprint density at radius 2 is 2.25 bits per heavy atom. The summed E-state index contributed by atoms with van der Waals surface area (Å²) in [6.45, 7) is 3.15. The standard InChI is InChI=1S/C12H17N5O3/c1-2-13-10-6-8(17(19)20)7-11(16-10)15-9-4-3-5-14-12(9)18/h6-7,9H,2-5H2,1H3,(H,14,18)(H2,13,15,16). The van der Waals surface area contributed by atoms with Crippen molar-refractivity contribution in [1.29, 1.82) is 0 Å². The maximum absolute atomic E-state index is 11.7. The van der Waals surface area contributed by atoms with E-state index in [1.165, 1.54) is 12.1 Å². The first kappa shape index (κ1) is 14.0. The third kappa shape index (κ3) is 3.34. The van der Waals surface area contributed by atoms with Crippen LogP contribution in [0.5, 0.6) is 0 Å². The predicted octanol–water partition coefficient (Wildman–Crippen LogP) is 1.11. The van der Waals surface area contributed by atoms with Crippen LogP contribution in [0, 0.1) is 10.1 Å². The Bertz CT molecular complexity index is 520. The molecular formula is C12H17N5O3. The van der Waals surface area contributed by atoms with Crippen LogP contribution in [0.4, 0.5) is 17.3 Å². The summed E-state index contributed by atoms with van der Waals surface area (Å²) < 4.78 is 0. The molecule has 108 valence electrons. The topological polar surface area (TPSA) is 109 Å². The van der Waals surface area contributed by atoms with Gasteiger partial charge in [0.1, 0.15) is 17.7 Å². The van der Waals surface area contributed by atoms with E-state index in [1.54, 1.807) is 0 Å². The van der Waals surface area contributed by atoms with Crippen molar-refractivity contribution in [2.45, 2.75) is 25.8 Å². The van der Waals surface area contributed by atoms with Crippen LogP contribution in [0.3, 0.4) is 0 Å². The Morgan fingerprint density at radius 1 is 1.50 bits per heavy atom. The number of rotatable bonds is 5. The normalized spacial score (nSPS) is 18.2. The molecule has 8 nitrogen and oxygen atoms in total. The van der Waals surface area contributed by atoms with Gasteiger partial charge in [-0.3, -0.25) is 14.9 Å². The van der Waals surface area contributed by atoms with Crippen molar-refractivity contribution in [1.82, 2.24) is 10.3 Å². The Morgan fingerprint density at radius 3 is 2.90 bits per heavy atom. The van der Waals surface area contributed by atoms with E-state index in [0.29, 0.717) is 31.1 Å². The fourth-order valence-electron chi connectivity index (χ4n) is 2.06. The van der Waals surface area contributed by atoms with Gasteiger partial charge in [-0.05, 0) is 19.8 Å². The molecule has 0 aliphatic carbocycles. The van der Waals surface area contributed by atoms with E-state index in [-0.39, 0.29) is 11.6 Å². The molecule has 1 atom stereocenters. The van der Waals surface area contributed by atoms with Crippen LogP contribution in [0.1, 0.15) is 19.8 Å². The first-order chi connectivity index (χ1) is 9.60. The molecule has 2 heterocycles. The number of piperidine rings is 1. The lowest BCUT2D eigenvalue weighted by Gasteiger charge is -2.23. The van der Waals surface area contributed by atoms with Gasteiger partial charge in [0.05, 0.1) is 17.1 Å². The molecule has 0 radical (unpaired) electrons. The Hall–Kier alpha value is -2.38. The summed E-state index contributed by atoms with van der Waals surface area (Å²) in [5.41, 5.74) is -0.0605. The molecule has 20 heavy (non-hydrogen) atoms. The number of aromatic nitrogens is 1. The van der Waals surface area contributed by atoms with Gasteiger partial charge >= 0.3 is 0 Å². The van der Waals surface area contributed by atoms with Crippen molar-refractivity contribution >= 4 is 23.2 Å². The fraction of sp³-hybridized carbons (Fsp3) is 0.500. The van der Waals surface area contributed by atoms with Crippen LogP contribution in [-0.4, -0.2) is 34.9 Å². The largest absolute Gasteiger partial charge is 0.370 e.